The van der Waals surface area contributed by atoms with Crippen molar-refractivity contribution in [3.63, 3.8) is 0 Å². The van der Waals surface area contributed by atoms with Gasteiger partial charge in [-0.1, -0.05) is 40.9 Å². The van der Waals surface area contributed by atoms with Gasteiger partial charge in [-0.3, -0.25) is 19.7 Å². The number of ether oxygens (including phenoxy) is 1. The van der Waals surface area contributed by atoms with Gasteiger partial charge in [0.05, 0.1) is 22.2 Å². The zero-order chi connectivity index (χ0) is 20.7. The zero-order valence-corrected chi connectivity index (χ0v) is 17.3. The molecule has 6 nitrogen and oxygen atoms in total. The SMILES string of the molecule is Cc1cc(C)cc(CN2C(=O)COc3c(Cl)cc(/C=C4\SC(=O)NC4=O)cc32)c1. The summed E-state index contributed by atoms with van der Waals surface area (Å²) in [4.78, 5) is 37.8. The minimum atomic E-state index is -0.451. The van der Waals surface area contributed by atoms with Crippen molar-refractivity contribution in [1.29, 1.82) is 0 Å². The number of benzene rings is 2. The maximum absolute atomic E-state index is 12.6. The van der Waals surface area contributed by atoms with Crippen LogP contribution in [0.3, 0.4) is 0 Å². The van der Waals surface area contributed by atoms with Crippen LogP contribution in [0.25, 0.3) is 6.08 Å². The van der Waals surface area contributed by atoms with E-state index in [4.69, 9.17) is 16.3 Å². The Hall–Kier alpha value is -2.77. The number of carbonyl (C=O) groups is 3. The van der Waals surface area contributed by atoms with Crippen LogP contribution < -0.4 is 15.0 Å². The second-order valence-electron chi connectivity index (χ2n) is 6.97. The Morgan fingerprint density at radius 2 is 1.86 bits per heavy atom. The van der Waals surface area contributed by atoms with Crippen LogP contribution in [0.4, 0.5) is 10.5 Å². The van der Waals surface area contributed by atoms with Crippen molar-refractivity contribution >= 4 is 52.2 Å². The fraction of sp³-hybridized carbons (Fsp3) is 0.190. The van der Waals surface area contributed by atoms with Gasteiger partial charge in [-0.05, 0) is 54.9 Å². The van der Waals surface area contributed by atoms with Crippen LogP contribution in [0.1, 0.15) is 22.3 Å². The molecular formula is C21H17ClN2O4S. The summed E-state index contributed by atoms with van der Waals surface area (Å²) in [5.74, 6) is -0.202. The maximum Gasteiger partial charge on any atom is 0.290 e. The highest BCUT2D eigenvalue weighted by Gasteiger charge is 2.29. The molecule has 0 saturated carbocycles. The first kappa shape index (κ1) is 19.5. The number of halogens is 1. The highest BCUT2D eigenvalue weighted by atomic mass is 35.5. The van der Waals surface area contributed by atoms with E-state index in [0.29, 0.717) is 28.6 Å². The number of anilines is 1. The van der Waals surface area contributed by atoms with Gasteiger partial charge in [-0.25, -0.2) is 0 Å². The number of imide groups is 1. The molecule has 1 N–H and O–H groups in total. The third kappa shape index (κ3) is 4.02. The molecule has 2 heterocycles. The smallest absolute Gasteiger partial charge is 0.290 e. The molecule has 2 aliphatic rings. The van der Waals surface area contributed by atoms with Crippen molar-refractivity contribution in [1.82, 2.24) is 5.32 Å². The molecule has 29 heavy (non-hydrogen) atoms. The summed E-state index contributed by atoms with van der Waals surface area (Å²) in [6.45, 7) is 4.31. The summed E-state index contributed by atoms with van der Waals surface area (Å²) >= 11 is 7.22. The van der Waals surface area contributed by atoms with Crippen LogP contribution in [0, 0.1) is 13.8 Å². The lowest BCUT2D eigenvalue weighted by Gasteiger charge is -2.30. The van der Waals surface area contributed by atoms with Crippen LogP contribution >= 0.6 is 23.4 Å². The number of rotatable bonds is 3. The van der Waals surface area contributed by atoms with E-state index in [1.807, 2.05) is 26.0 Å². The Morgan fingerprint density at radius 3 is 2.52 bits per heavy atom. The van der Waals surface area contributed by atoms with Crippen LogP contribution in [0.2, 0.25) is 5.02 Å². The fourth-order valence-electron chi connectivity index (χ4n) is 3.46. The van der Waals surface area contributed by atoms with Crippen molar-refractivity contribution in [3.8, 4) is 5.75 Å². The van der Waals surface area contributed by atoms with Gasteiger partial charge < -0.3 is 9.64 Å². The minimum absolute atomic E-state index is 0.0925. The summed E-state index contributed by atoms with van der Waals surface area (Å²) < 4.78 is 5.56. The van der Waals surface area contributed by atoms with E-state index in [9.17, 15) is 14.4 Å². The first-order valence-electron chi connectivity index (χ1n) is 8.89. The summed E-state index contributed by atoms with van der Waals surface area (Å²) in [5.41, 5.74) is 4.37. The van der Waals surface area contributed by atoms with Crippen LogP contribution in [0.15, 0.2) is 35.2 Å². The standard InChI is InChI=1S/C21H17ClN2O4S/c1-11-3-12(2)5-14(4-11)9-24-16-7-13(8-17-20(26)23-21(27)29-17)6-15(22)19(16)28-10-18(24)25/h3-8H,9-10H2,1-2H3,(H,23,26,27)/b17-8-. The number of amides is 3. The molecule has 0 atom stereocenters. The topological polar surface area (TPSA) is 75.7 Å². The normalized spacial score (nSPS) is 17.4. The van der Waals surface area contributed by atoms with Crippen LogP contribution in [-0.4, -0.2) is 23.7 Å². The molecule has 4 rings (SSSR count). The summed E-state index contributed by atoms with van der Waals surface area (Å²) in [7, 11) is 0. The molecule has 0 aliphatic carbocycles. The molecule has 0 spiro atoms. The number of hydrogen-bond donors (Lipinski definition) is 1. The van der Waals surface area contributed by atoms with E-state index >= 15 is 0 Å². The van der Waals surface area contributed by atoms with Gasteiger partial charge in [-0.2, -0.15) is 0 Å². The average molecular weight is 429 g/mol. The predicted octanol–water partition coefficient (Wildman–Crippen LogP) is 4.21. The Labute approximate surface area is 176 Å². The minimum Gasteiger partial charge on any atom is -0.480 e. The summed E-state index contributed by atoms with van der Waals surface area (Å²) in [6, 6.07) is 9.53. The molecule has 0 radical (unpaired) electrons. The lowest BCUT2D eigenvalue weighted by atomic mass is 10.1. The van der Waals surface area contributed by atoms with Gasteiger partial charge in [0.15, 0.2) is 12.4 Å². The van der Waals surface area contributed by atoms with E-state index in [-0.39, 0.29) is 17.4 Å². The van der Waals surface area contributed by atoms with Gasteiger partial charge >= 0.3 is 0 Å². The van der Waals surface area contributed by atoms with Crippen molar-refractivity contribution in [3.05, 3.63) is 62.5 Å². The highest BCUT2D eigenvalue weighted by Crippen LogP contribution is 2.41. The molecule has 2 aromatic carbocycles. The monoisotopic (exact) mass is 428 g/mol. The Kier molecular flexibility index (Phi) is 5.10. The third-order valence-corrected chi connectivity index (χ3v) is 5.63. The number of carbonyl (C=O) groups excluding carboxylic acids is 3. The van der Waals surface area contributed by atoms with Gasteiger partial charge in [0.25, 0.3) is 17.1 Å². The average Bonchev–Trinajstić information content (AvgIpc) is 2.94. The quantitative estimate of drug-likeness (QED) is 0.741. The molecule has 0 unspecified atom stereocenters. The Morgan fingerprint density at radius 1 is 1.14 bits per heavy atom. The van der Waals surface area contributed by atoms with E-state index in [1.54, 1.807) is 23.1 Å². The third-order valence-electron chi connectivity index (χ3n) is 4.54. The Balaban J connectivity index is 1.74. The molecule has 2 aliphatic heterocycles. The number of hydrogen-bond acceptors (Lipinski definition) is 5. The van der Waals surface area contributed by atoms with Crippen molar-refractivity contribution < 1.29 is 19.1 Å². The van der Waals surface area contributed by atoms with Gasteiger partial charge in [0, 0.05) is 0 Å². The first-order valence-corrected chi connectivity index (χ1v) is 10.1. The largest absolute Gasteiger partial charge is 0.480 e. The van der Waals surface area contributed by atoms with E-state index in [2.05, 4.69) is 11.4 Å². The van der Waals surface area contributed by atoms with Gasteiger partial charge in [0.1, 0.15) is 0 Å². The zero-order valence-electron chi connectivity index (χ0n) is 15.7. The van der Waals surface area contributed by atoms with Gasteiger partial charge in [-0.15, -0.1) is 0 Å². The molecule has 148 valence electrons. The molecule has 1 saturated heterocycles. The molecule has 8 heteroatoms. The van der Waals surface area contributed by atoms with Gasteiger partial charge in [0.2, 0.25) is 0 Å². The number of thioether (sulfide) groups is 1. The molecule has 0 bridgehead atoms. The molecule has 0 aromatic heterocycles. The van der Waals surface area contributed by atoms with Crippen molar-refractivity contribution in [2.24, 2.45) is 0 Å². The summed E-state index contributed by atoms with van der Waals surface area (Å²) in [6.07, 6.45) is 1.57. The Bertz CT molecular complexity index is 1080. The lowest BCUT2D eigenvalue weighted by molar-refractivity contribution is -0.121. The van der Waals surface area contributed by atoms with Crippen molar-refractivity contribution in [2.45, 2.75) is 20.4 Å². The van der Waals surface area contributed by atoms with E-state index in [1.165, 1.54) is 0 Å². The summed E-state index contributed by atoms with van der Waals surface area (Å²) in [5, 5.41) is 2.14. The number of fused-ring (bicyclic) bond motifs is 1. The number of nitrogens with one attached hydrogen (secondary N) is 1. The second-order valence-corrected chi connectivity index (χ2v) is 8.39. The van der Waals surface area contributed by atoms with Crippen LogP contribution in [-0.2, 0) is 16.1 Å². The lowest BCUT2D eigenvalue weighted by Crippen LogP contribution is -2.38. The fourth-order valence-corrected chi connectivity index (χ4v) is 4.42. The highest BCUT2D eigenvalue weighted by molar-refractivity contribution is 8.18. The van der Waals surface area contributed by atoms with E-state index < -0.39 is 11.1 Å². The maximum atomic E-state index is 12.6. The number of aryl methyl sites for hydroxylation is 2. The molecule has 2 aromatic rings. The molecule has 1 fully saturated rings. The van der Waals surface area contributed by atoms with Crippen molar-refractivity contribution in [2.75, 3.05) is 11.5 Å². The molecular weight excluding hydrogens is 412 g/mol. The first-order chi connectivity index (χ1) is 13.8. The predicted molar refractivity (Wildman–Crippen MR) is 113 cm³/mol. The number of nitrogens with zero attached hydrogens (tertiary/aromatic N) is 1. The second kappa shape index (κ2) is 7.57. The van der Waals surface area contributed by atoms with Crippen LogP contribution in [0.5, 0.6) is 5.75 Å². The molecule has 3 amide bonds. The van der Waals surface area contributed by atoms with E-state index in [0.717, 1.165) is 28.5 Å².